The van der Waals surface area contributed by atoms with Crippen molar-refractivity contribution in [2.75, 3.05) is 26.2 Å². The van der Waals surface area contributed by atoms with Crippen LogP contribution in [-0.2, 0) is 5.54 Å². The Morgan fingerprint density at radius 2 is 1.63 bits per heavy atom. The highest BCUT2D eigenvalue weighted by Gasteiger charge is 2.48. The second-order valence-electron chi connectivity index (χ2n) is 9.52. The topological polar surface area (TPSA) is 90.2 Å². The van der Waals surface area contributed by atoms with Crippen LogP contribution in [0.25, 0.3) is 0 Å². The highest BCUT2D eigenvalue weighted by atomic mass is 16.5. The number of nitrogens with one attached hydrogen (secondary N) is 1. The fraction of sp³-hybridized carbons (Fsp3) is 0.346. The van der Waals surface area contributed by atoms with Crippen LogP contribution >= 0.6 is 0 Å². The van der Waals surface area contributed by atoms with Crippen LogP contribution in [0.1, 0.15) is 37.8 Å². The Kier molecular flexibility index (Phi) is 5.42. The van der Waals surface area contributed by atoms with Crippen LogP contribution in [0.15, 0.2) is 53.7 Å². The molecule has 1 fully saturated rings. The molecule has 0 saturated carbocycles. The summed E-state index contributed by atoms with van der Waals surface area (Å²) < 4.78 is 18.7. The van der Waals surface area contributed by atoms with E-state index in [2.05, 4.69) is 26.1 Å². The zero-order valence-electron chi connectivity index (χ0n) is 20.7. The number of rotatable bonds is 5. The number of ether oxygens (including phenoxy) is 3. The van der Waals surface area contributed by atoms with Crippen LogP contribution in [0, 0.1) is 0 Å². The second-order valence-corrected chi connectivity index (χ2v) is 9.52. The number of hydrogen-bond donors (Lipinski definition) is 1. The van der Waals surface area contributed by atoms with Crippen molar-refractivity contribution < 1.29 is 19.0 Å². The number of fused-ring (bicyclic) bond motifs is 2. The molecule has 2 aliphatic heterocycles. The standard InChI is InChI=1S/C26H29N5O4/c1-26(2,3)31-24-17(14-27-31)20(15-12-18(33-4)22(35-6)19(13-15)34-5)21-23(28-24)29-25(32)30(21)16-10-8-7-9-11-16/h7-14,20-21H,1-6H3,(H,28,29,32)/t20-,21-/m1/s1. The van der Waals surface area contributed by atoms with Gasteiger partial charge in [-0.15, -0.1) is 0 Å². The fourth-order valence-electron chi connectivity index (χ4n) is 4.86. The third-order valence-corrected chi connectivity index (χ3v) is 6.38. The summed E-state index contributed by atoms with van der Waals surface area (Å²) in [6.07, 6.45) is 1.85. The minimum absolute atomic E-state index is 0.224. The highest BCUT2D eigenvalue weighted by Crippen LogP contribution is 2.48. The molecule has 2 aromatic carbocycles. The summed E-state index contributed by atoms with van der Waals surface area (Å²) in [7, 11) is 4.76. The molecule has 9 nitrogen and oxygen atoms in total. The molecule has 3 aromatic rings. The van der Waals surface area contributed by atoms with Gasteiger partial charge in [-0.05, 0) is 50.6 Å². The molecule has 0 spiro atoms. The van der Waals surface area contributed by atoms with Gasteiger partial charge in [0.15, 0.2) is 17.3 Å². The summed E-state index contributed by atoms with van der Waals surface area (Å²) in [5.74, 6) is 2.60. The van der Waals surface area contributed by atoms with E-state index in [0.717, 1.165) is 22.6 Å². The molecule has 1 aromatic heterocycles. The van der Waals surface area contributed by atoms with Crippen LogP contribution < -0.4 is 24.4 Å². The molecule has 182 valence electrons. The molecule has 1 N–H and O–H groups in total. The van der Waals surface area contributed by atoms with Gasteiger partial charge in [-0.25, -0.2) is 14.5 Å². The number of hydrogen-bond acceptors (Lipinski definition) is 6. The summed E-state index contributed by atoms with van der Waals surface area (Å²) in [5, 5.41) is 7.70. The first-order valence-corrected chi connectivity index (χ1v) is 11.4. The fourth-order valence-corrected chi connectivity index (χ4v) is 4.86. The van der Waals surface area contributed by atoms with Gasteiger partial charge >= 0.3 is 6.03 Å². The number of amidine groups is 1. The Morgan fingerprint density at radius 1 is 0.971 bits per heavy atom. The largest absolute Gasteiger partial charge is 0.493 e. The van der Waals surface area contributed by atoms with E-state index in [9.17, 15) is 4.79 Å². The maximum atomic E-state index is 13.3. The molecule has 0 radical (unpaired) electrons. The Labute approximate surface area is 204 Å². The molecular formula is C26H29N5O4. The third kappa shape index (κ3) is 3.58. The molecule has 0 aliphatic carbocycles. The van der Waals surface area contributed by atoms with Crippen molar-refractivity contribution in [3.8, 4) is 17.2 Å². The number of carbonyl (C=O) groups excluding carboxylic acids is 1. The summed E-state index contributed by atoms with van der Waals surface area (Å²) in [6, 6.07) is 12.8. The van der Waals surface area contributed by atoms with E-state index < -0.39 is 6.04 Å². The summed E-state index contributed by atoms with van der Waals surface area (Å²) in [6.45, 7) is 6.22. The van der Waals surface area contributed by atoms with Crippen molar-refractivity contribution >= 4 is 23.4 Å². The lowest BCUT2D eigenvalue weighted by Gasteiger charge is -2.34. The molecule has 2 aliphatic rings. The van der Waals surface area contributed by atoms with Crippen LogP contribution in [0.4, 0.5) is 16.3 Å². The van der Waals surface area contributed by atoms with E-state index >= 15 is 0 Å². The number of para-hydroxylation sites is 1. The van der Waals surface area contributed by atoms with Gasteiger partial charge < -0.3 is 14.2 Å². The highest BCUT2D eigenvalue weighted by molar-refractivity contribution is 6.18. The monoisotopic (exact) mass is 475 g/mol. The summed E-state index contributed by atoms with van der Waals surface area (Å²) >= 11 is 0. The number of anilines is 1. The summed E-state index contributed by atoms with van der Waals surface area (Å²) in [4.78, 5) is 19.9. The van der Waals surface area contributed by atoms with Crippen LogP contribution in [0.5, 0.6) is 17.2 Å². The number of aliphatic imine (C=N–C) groups is 1. The maximum Gasteiger partial charge on any atom is 0.328 e. The van der Waals surface area contributed by atoms with Crippen LogP contribution in [0.3, 0.4) is 0 Å². The molecule has 9 heteroatoms. The molecule has 2 atom stereocenters. The number of urea groups is 1. The number of aromatic nitrogens is 2. The van der Waals surface area contributed by atoms with E-state index in [1.54, 1.807) is 26.2 Å². The van der Waals surface area contributed by atoms with Crippen molar-refractivity contribution in [3.05, 3.63) is 59.8 Å². The number of benzene rings is 2. The molecule has 5 rings (SSSR count). The minimum atomic E-state index is -0.405. The lowest BCUT2D eigenvalue weighted by molar-refractivity contribution is 0.252. The van der Waals surface area contributed by atoms with E-state index in [0.29, 0.717) is 23.1 Å². The van der Waals surface area contributed by atoms with Gasteiger partial charge in [0.1, 0.15) is 11.9 Å². The van der Waals surface area contributed by atoms with E-state index in [1.165, 1.54) is 0 Å². The van der Waals surface area contributed by atoms with Gasteiger partial charge in [-0.1, -0.05) is 18.2 Å². The average Bonchev–Trinajstić information content (AvgIpc) is 3.42. The van der Waals surface area contributed by atoms with Gasteiger partial charge in [0.2, 0.25) is 5.75 Å². The first-order chi connectivity index (χ1) is 16.8. The lowest BCUT2D eigenvalue weighted by Crippen LogP contribution is -2.42. The number of nitrogens with zero attached hydrogens (tertiary/aromatic N) is 4. The molecular weight excluding hydrogens is 446 g/mol. The minimum Gasteiger partial charge on any atom is -0.493 e. The first-order valence-electron chi connectivity index (χ1n) is 11.4. The Bertz CT molecular complexity index is 1280. The zero-order valence-corrected chi connectivity index (χ0v) is 20.7. The van der Waals surface area contributed by atoms with Gasteiger partial charge in [0.25, 0.3) is 0 Å². The normalized spacial score (nSPS) is 19.0. The second kappa shape index (κ2) is 8.33. The molecule has 35 heavy (non-hydrogen) atoms. The first kappa shape index (κ1) is 22.8. The van der Waals surface area contributed by atoms with E-state index in [-0.39, 0.29) is 17.5 Å². The zero-order chi connectivity index (χ0) is 24.9. The molecule has 1 saturated heterocycles. The predicted molar refractivity (Wildman–Crippen MR) is 133 cm³/mol. The van der Waals surface area contributed by atoms with Gasteiger partial charge in [0.05, 0.1) is 33.1 Å². The number of carbonyl (C=O) groups is 1. The van der Waals surface area contributed by atoms with Crippen molar-refractivity contribution in [2.45, 2.75) is 38.3 Å². The predicted octanol–water partition coefficient (Wildman–Crippen LogP) is 4.44. The molecule has 2 amide bonds. The SMILES string of the molecule is COc1cc([C@@H]2c3cnn(C(C)(C)C)c3N=C3NC(=O)N(c4ccccc4)[C@@H]32)cc(OC)c1OC. The maximum absolute atomic E-state index is 13.3. The molecule has 0 unspecified atom stereocenters. The van der Waals surface area contributed by atoms with E-state index in [4.69, 9.17) is 24.3 Å². The van der Waals surface area contributed by atoms with Gasteiger partial charge in [-0.2, -0.15) is 5.10 Å². The lowest BCUT2D eigenvalue weighted by atomic mass is 9.83. The van der Waals surface area contributed by atoms with Crippen molar-refractivity contribution in [1.29, 1.82) is 0 Å². The van der Waals surface area contributed by atoms with E-state index in [1.807, 2.05) is 53.3 Å². The average molecular weight is 476 g/mol. The Morgan fingerprint density at radius 3 is 2.20 bits per heavy atom. The molecule has 0 bridgehead atoms. The Balaban J connectivity index is 1.77. The van der Waals surface area contributed by atoms with Gasteiger partial charge in [0, 0.05) is 17.2 Å². The van der Waals surface area contributed by atoms with Crippen molar-refractivity contribution in [2.24, 2.45) is 4.99 Å². The Hall–Kier alpha value is -4.01. The number of methoxy groups -OCH3 is 3. The summed E-state index contributed by atoms with van der Waals surface area (Å²) in [5.41, 5.74) is 2.29. The molecule has 3 heterocycles. The van der Waals surface area contributed by atoms with Crippen LogP contribution in [-0.4, -0.2) is 49.0 Å². The quantitative estimate of drug-likeness (QED) is 0.589. The van der Waals surface area contributed by atoms with Crippen molar-refractivity contribution in [1.82, 2.24) is 15.1 Å². The third-order valence-electron chi connectivity index (χ3n) is 6.38. The smallest absolute Gasteiger partial charge is 0.328 e. The number of amides is 2. The van der Waals surface area contributed by atoms with Gasteiger partial charge in [-0.3, -0.25) is 10.2 Å². The van der Waals surface area contributed by atoms with Crippen LogP contribution in [0.2, 0.25) is 0 Å². The van der Waals surface area contributed by atoms with Crippen molar-refractivity contribution in [3.63, 3.8) is 0 Å².